The summed E-state index contributed by atoms with van der Waals surface area (Å²) in [4.78, 5) is 2.62. The Bertz CT molecular complexity index is 969. The molecule has 4 rings (SSSR count). The molecule has 2 aromatic rings. The van der Waals surface area contributed by atoms with Crippen LogP contribution >= 0.6 is 0 Å². The molecule has 0 saturated heterocycles. The predicted octanol–water partition coefficient (Wildman–Crippen LogP) is 6.46. The average Bonchev–Trinajstić information content (AvgIpc) is 2.81. The minimum atomic E-state index is 0.454. The first kappa shape index (κ1) is 23.1. The lowest BCUT2D eigenvalue weighted by Crippen LogP contribution is -2.32. The van der Waals surface area contributed by atoms with E-state index in [2.05, 4.69) is 75.1 Å². The summed E-state index contributed by atoms with van der Waals surface area (Å²) < 4.78 is 5.53. The number of hydrogen-bond acceptors (Lipinski definition) is 3. The van der Waals surface area contributed by atoms with Gasteiger partial charge in [-0.1, -0.05) is 54.8 Å². The van der Waals surface area contributed by atoms with Crippen molar-refractivity contribution in [1.29, 1.82) is 0 Å². The van der Waals surface area contributed by atoms with Crippen molar-refractivity contribution in [2.45, 2.75) is 59.4 Å². The van der Waals surface area contributed by atoms with Gasteiger partial charge in [-0.3, -0.25) is 0 Å². The zero-order valence-corrected chi connectivity index (χ0v) is 20.0. The molecule has 2 aromatic carbocycles. The van der Waals surface area contributed by atoms with E-state index in [0.717, 1.165) is 32.4 Å². The van der Waals surface area contributed by atoms with Gasteiger partial charge in [-0.15, -0.1) is 0 Å². The Morgan fingerprint density at radius 3 is 2.39 bits per heavy atom. The summed E-state index contributed by atoms with van der Waals surface area (Å²) in [6.07, 6.45) is 3.52. The van der Waals surface area contributed by atoms with Gasteiger partial charge in [0, 0.05) is 31.8 Å². The summed E-state index contributed by atoms with van der Waals surface area (Å²) in [7, 11) is 2.76. The van der Waals surface area contributed by atoms with E-state index in [0.29, 0.717) is 5.92 Å². The quantitative estimate of drug-likeness (QED) is 0.603. The lowest BCUT2D eigenvalue weighted by atomic mass is 9.74. The first-order valence-electron chi connectivity index (χ1n) is 11.4. The van der Waals surface area contributed by atoms with E-state index in [-0.39, 0.29) is 0 Å². The van der Waals surface area contributed by atoms with Crippen molar-refractivity contribution in [3.63, 3.8) is 0 Å². The number of fused-ring (bicyclic) bond motifs is 2. The highest BCUT2D eigenvalue weighted by molar-refractivity contribution is 5.79. The number of ether oxygens (including phenoxy) is 1. The Labute approximate surface area is 188 Å². The van der Waals surface area contributed by atoms with E-state index in [1.807, 2.05) is 0 Å². The Balaban J connectivity index is 0.00000132. The molecule has 1 aliphatic carbocycles. The predicted molar refractivity (Wildman–Crippen MR) is 130 cm³/mol. The summed E-state index contributed by atoms with van der Waals surface area (Å²) in [6, 6.07) is 15.8. The van der Waals surface area contributed by atoms with Gasteiger partial charge in [-0.25, -0.2) is 0 Å². The molecule has 0 bridgehead atoms. The number of aliphatic hydroxyl groups excluding tert-OH is 1. The van der Waals surface area contributed by atoms with Gasteiger partial charge < -0.3 is 14.7 Å². The molecule has 0 saturated carbocycles. The lowest BCUT2D eigenvalue weighted by molar-refractivity contribution is 0.327. The number of methoxy groups -OCH3 is 1. The molecule has 1 atom stereocenters. The number of aryl methyl sites for hydroxylation is 1. The van der Waals surface area contributed by atoms with Crippen molar-refractivity contribution < 1.29 is 9.84 Å². The van der Waals surface area contributed by atoms with Crippen LogP contribution in [0.3, 0.4) is 0 Å². The molecular weight excluding hydrogens is 382 g/mol. The SMILES string of the molecule is CCCCN1Cc2cc(OC)ccc2C2=C1C(C)=C(C)C(c1ccc(C)cc1)C2.CO. The summed E-state index contributed by atoms with van der Waals surface area (Å²) in [5.74, 6) is 1.41. The maximum Gasteiger partial charge on any atom is 0.119 e. The third kappa shape index (κ3) is 4.57. The van der Waals surface area contributed by atoms with Crippen LogP contribution in [0.25, 0.3) is 5.57 Å². The van der Waals surface area contributed by atoms with Crippen molar-refractivity contribution >= 4 is 5.57 Å². The topological polar surface area (TPSA) is 32.7 Å². The average molecular weight is 420 g/mol. The van der Waals surface area contributed by atoms with E-state index < -0.39 is 0 Å². The highest BCUT2D eigenvalue weighted by Gasteiger charge is 2.33. The van der Waals surface area contributed by atoms with E-state index in [9.17, 15) is 0 Å². The van der Waals surface area contributed by atoms with E-state index >= 15 is 0 Å². The maximum atomic E-state index is 7.00. The zero-order chi connectivity index (χ0) is 22.5. The second kappa shape index (κ2) is 10.2. The largest absolute Gasteiger partial charge is 0.497 e. The van der Waals surface area contributed by atoms with Crippen LogP contribution in [0, 0.1) is 6.92 Å². The number of aliphatic hydroxyl groups is 1. The van der Waals surface area contributed by atoms with Gasteiger partial charge in [0.1, 0.15) is 5.75 Å². The Kier molecular flexibility index (Phi) is 7.61. The molecule has 3 nitrogen and oxygen atoms in total. The van der Waals surface area contributed by atoms with Crippen LogP contribution in [0.4, 0.5) is 0 Å². The Hall–Kier alpha value is -2.52. The van der Waals surface area contributed by atoms with Gasteiger partial charge >= 0.3 is 0 Å². The van der Waals surface area contributed by atoms with Crippen LogP contribution in [0.1, 0.15) is 68.2 Å². The normalized spacial score (nSPS) is 17.6. The number of nitrogens with zero attached hydrogens (tertiary/aromatic N) is 1. The zero-order valence-electron chi connectivity index (χ0n) is 20.0. The maximum absolute atomic E-state index is 7.00. The van der Waals surface area contributed by atoms with Gasteiger partial charge in [-0.2, -0.15) is 0 Å². The molecule has 1 aliphatic heterocycles. The summed E-state index contributed by atoms with van der Waals surface area (Å²) in [5, 5.41) is 7.00. The van der Waals surface area contributed by atoms with E-state index in [1.54, 1.807) is 7.11 Å². The molecule has 2 aliphatic rings. The molecule has 166 valence electrons. The van der Waals surface area contributed by atoms with Gasteiger partial charge in [-0.05, 0) is 73.6 Å². The number of allylic oxidation sites excluding steroid dienone is 3. The molecular formula is C28H37NO2. The fourth-order valence-electron chi connectivity index (χ4n) is 4.91. The van der Waals surface area contributed by atoms with Crippen LogP contribution in [0.15, 0.2) is 59.3 Å². The lowest BCUT2D eigenvalue weighted by Gasteiger charge is -2.41. The first-order chi connectivity index (χ1) is 15.0. The van der Waals surface area contributed by atoms with Crippen molar-refractivity contribution in [3.05, 3.63) is 81.6 Å². The van der Waals surface area contributed by atoms with Gasteiger partial charge in [0.15, 0.2) is 0 Å². The van der Waals surface area contributed by atoms with Crippen molar-refractivity contribution in [3.8, 4) is 5.75 Å². The van der Waals surface area contributed by atoms with Crippen molar-refractivity contribution in [2.24, 2.45) is 0 Å². The second-order valence-electron chi connectivity index (χ2n) is 8.60. The van der Waals surface area contributed by atoms with Crippen LogP contribution in [0.2, 0.25) is 0 Å². The number of rotatable bonds is 5. The monoisotopic (exact) mass is 419 g/mol. The van der Waals surface area contributed by atoms with Crippen molar-refractivity contribution in [2.75, 3.05) is 20.8 Å². The summed E-state index contributed by atoms with van der Waals surface area (Å²) in [5.41, 5.74) is 11.5. The molecule has 3 heteroatoms. The number of benzene rings is 2. The molecule has 0 aromatic heterocycles. The minimum Gasteiger partial charge on any atom is -0.497 e. The molecule has 31 heavy (non-hydrogen) atoms. The van der Waals surface area contributed by atoms with Crippen molar-refractivity contribution in [1.82, 2.24) is 4.90 Å². The molecule has 0 radical (unpaired) electrons. The van der Waals surface area contributed by atoms with Gasteiger partial charge in [0.2, 0.25) is 0 Å². The third-order valence-corrected chi connectivity index (χ3v) is 6.74. The molecule has 0 fully saturated rings. The highest BCUT2D eigenvalue weighted by atomic mass is 16.5. The Morgan fingerprint density at radius 1 is 1.03 bits per heavy atom. The van der Waals surface area contributed by atoms with Gasteiger partial charge in [0.25, 0.3) is 0 Å². The third-order valence-electron chi connectivity index (χ3n) is 6.74. The van der Waals surface area contributed by atoms with E-state index in [4.69, 9.17) is 9.84 Å². The Morgan fingerprint density at radius 2 is 1.74 bits per heavy atom. The van der Waals surface area contributed by atoms with Gasteiger partial charge in [0.05, 0.1) is 7.11 Å². The van der Waals surface area contributed by atoms with Crippen LogP contribution in [-0.4, -0.2) is 30.8 Å². The smallest absolute Gasteiger partial charge is 0.119 e. The molecule has 1 unspecified atom stereocenters. The van der Waals surface area contributed by atoms with Crippen LogP contribution in [0.5, 0.6) is 5.75 Å². The fraction of sp³-hybridized carbons (Fsp3) is 0.429. The summed E-state index contributed by atoms with van der Waals surface area (Å²) in [6.45, 7) is 11.2. The standard InChI is InChI=1S/C27H33NO.CH4O/c1-6-7-14-28-17-22-15-23(29-5)12-13-24(22)26-16-25(19(3)20(4)27(26)28)21-10-8-18(2)9-11-21;1-2/h8-13,15,25H,6-7,14,16-17H2,1-5H3;2H,1H3. The molecule has 0 amide bonds. The second-order valence-corrected chi connectivity index (χ2v) is 8.60. The number of hydrogen-bond donors (Lipinski definition) is 1. The molecule has 0 spiro atoms. The molecule has 1 heterocycles. The first-order valence-corrected chi connectivity index (χ1v) is 11.4. The van der Waals surface area contributed by atoms with Crippen LogP contribution < -0.4 is 4.74 Å². The van der Waals surface area contributed by atoms with E-state index in [1.165, 1.54) is 57.5 Å². The molecule has 1 N–H and O–H groups in total. The number of unbranched alkanes of at least 4 members (excludes halogenated alkanes) is 1. The van der Waals surface area contributed by atoms with Crippen LogP contribution in [-0.2, 0) is 6.54 Å². The minimum absolute atomic E-state index is 0.454. The fourth-order valence-corrected chi connectivity index (χ4v) is 4.91. The summed E-state index contributed by atoms with van der Waals surface area (Å²) >= 11 is 0. The highest BCUT2D eigenvalue weighted by Crippen LogP contribution is 2.48.